The van der Waals surface area contributed by atoms with E-state index >= 15 is 0 Å². The molecule has 5 aromatic rings. The Morgan fingerprint density at radius 2 is 1.51 bits per heavy atom. The van der Waals surface area contributed by atoms with Crippen LogP contribution in [0.25, 0.3) is 11.1 Å². The number of nitrogens with zero attached hydrogens (tertiary/aromatic N) is 3. The van der Waals surface area contributed by atoms with Crippen LogP contribution in [0.2, 0.25) is 0 Å². The van der Waals surface area contributed by atoms with Crippen LogP contribution < -0.4 is 20.3 Å². The Balaban J connectivity index is 0.000000339. The van der Waals surface area contributed by atoms with Gasteiger partial charge < -0.3 is 20.3 Å². The van der Waals surface area contributed by atoms with Gasteiger partial charge >= 0.3 is 0 Å². The maximum Gasteiger partial charge on any atom is 0.123 e. The monoisotopic (exact) mass is 690 g/mol. The SMILES string of the molecule is Cc1ccnc(N)c1.[Pt].[c-]1cc(-c2ccccc2)ccc1Oc1[c-]c(N2C=CN(c3ccccc3)[CH-]2)ccc1. The average molecular weight is 691 g/mol. The Morgan fingerprint density at radius 1 is 0.769 bits per heavy atom. The van der Waals surface area contributed by atoms with Gasteiger partial charge in [0, 0.05) is 44.4 Å². The summed E-state index contributed by atoms with van der Waals surface area (Å²) in [7, 11) is 0. The fraction of sp³-hybridized carbons (Fsp3) is 0.0303. The molecule has 6 heteroatoms. The van der Waals surface area contributed by atoms with Gasteiger partial charge in [-0.15, -0.1) is 48.3 Å². The van der Waals surface area contributed by atoms with Gasteiger partial charge in [0.1, 0.15) is 5.82 Å². The molecule has 6 rings (SSSR count). The molecule has 1 aromatic heterocycles. The smallest absolute Gasteiger partial charge is 0.123 e. The zero-order chi connectivity index (χ0) is 26.2. The number of para-hydroxylation sites is 1. The first kappa shape index (κ1) is 27.7. The molecule has 0 saturated heterocycles. The molecule has 4 aromatic carbocycles. The second kappa shape index (κ2) is 13.5. The largest absolute Gasteiger partial charge is 0.509 e. The van der Waals surface area contributed by atoms with Crippen molar-refractivity contribution in [1.82, 2.24) is 4.98 Å². The molecule has 0 amide bonds. The van der Waals surface area contributed by atoms with Gasteiger partial charge in [0.05, 0.1) is 0 Å². The topological polar surface area (TPSA) is 54.6 Å². The third kappa shape index (κ3) is 7.59. The number of rotatable bonds is 5. The summed E-state index contributed by atoms with van der Waals surface area (Å²) >= 11 is 0. The van der Waals surface area contributed by atoms with Gasteiger partial charge in [-0.2, -0.15) is 18.2 Å². The quantitative estimate of drug-likeness (QED) is 0.192. The average Bonchev–Trinajstić information content (AvgIpc) is 3.46. The molecule has 39 heavy (non-hydrogen) atoms. The van der Waals surface area contributed by atoms with Crippen LogP contribution >= 0.6 is 0 Å². The number of nitrogens with two attached hydrogens (primary N) is 1. The number of ether oxygens (including phenoxy) is 1. The maximum absolute atomic E-state index is 5.99. The minimum absolute atomic E-state index is 0. The minimum atomic E-state index is 0. The molecule has 0 fully saturated rings. The Bertz CT molecular complexity index is 1470. The molecule has 2 heterocycles. The second-order valence-electron chi connectivity index (χ2n) is 8.63. The van der Waals surface area contributed by atoms with Gasteiger partial charge in [0.15, 0.2) is 0 Å². The maximum atomic E-state index is 5.99. The summed E-state index contributed by atoms with van der Waals surface area (Å²) < 4.78 is 5.99. The van der Waals surface area contributed by atoms with Gasteiger partial charge in [-0.1, -0.05) is 54.1 Å². The molecule has 0 unspecified atom stereocenters. The van der Waals surface area contributed by atoms with E-state index < -0.39 is 0 Å². The van der Waals surface area contributed by atoms with Crippen molar-refractivity contribution in [3.8, 4) is 22.6 Å². The second-order valence-corrected chi connectivity index (χ2v) is 8.63. The van der Waals surface area contributed by atoms with Crippen molar-refractivity contribution >= 4 is 17.2 Å². The van der Waals surface area contributed by atoms with E-state index in [0.29, 0.717) is 17.3 Å². The van der Waals surface area contributed by atoms with Crippen LogP contribution in [-0.2, 0) is 21.1 Å². The normalized spacial score (nSPS) is 11.8. The van der Waals surface area contributed by atoms with Crippen LogP contribution in [-0.4, -0.2) is 4.98 Å². The van der Waals surface area contributed by atoms with E-state index in [9.17, 15) is 0 Å². The van der Waals surface area contributed by atoms with Crippen LogP contribution in [0.3, 0.4) is 0 Å². The van der Waals surface area contributed by atoms with E-state index in [2.05, 4.69) is 46.3 Å². The van der Waals surface area contributed by atoms with Gasteiger partial charge in [-0.25, -0.2) is 4.98 Å². The summed E-state index contributed by atoms with van der Waals surface area (Å²) in [6.07, 6.45) is 5.72. The summed E-state index contributed by atoms with van der Waals surface area (Å²) in [4.78, 5) is 7.90. The number of nitrogen functional groups attached to an aromatic ring is 1. The number of anilines is 3. The van der Waals surface area contributed by atoms with Crippen LogP contribution in [0.15, 0.2) is 128 Å². The number of aryl methyl sites for hydroxylation is 1. The molecule has 1 aliphatic rings. The molecule has 0 radical (unpaired) electrons. The standard InChI is InChI=1S/C27H19N2O.C6H8N2.Pt/c1-3-8-22(9-4-1)23-14-16-26(17-15-23)30-27-13-7-12-25(20-27)29-19-18-28(21-29)24-10-5-2-6-11-24;1-5-2-3-8-6(7)4-5;/h1-16,18-19,21H;2-4H,1H3,(H2,7,8);/q-3;;. The third-order valence-electron chi connectivity index (χ3n) is 5.77. The zero-order valence-electron chi connectivity index (χ0n) is 21.3. The van der Waals surface area contributed by atoms with Crippen LogP contribution in [0.4, 0.5) is 17.2 Å². The number of hydrogen-bond acceptors (Lipinski definition) is 5. The Labute approximate surface area is 244 Å². The molecule has 0 spiro atoms. The van der Waals surface area contributed by atoms with E-state index in [1.807, 2.05) is 116 Å². The minimum Gasteiger partial charge on any atom is -0.509 e. The van der Waals surface area contributed by atoms with Crippen molar-refractivity contribution in [2.24, 2.45) is 0 Å². The molecule has 1 aliphatic heterocycles. The fourth-order valence-corrected chi connectivity index (χ4v) is 3.86. The van der Waals surface area contributed by atoms with E-state index in [-0.39, 0.29) is 21.1 Å². The van der Waals surface area contributed by atoms with Crippen LogP contribution in [0.5, 0.6) is 11.5 Å². The van der Waals surface area contributed by atoms with Crippen molar-refractivity contribution in [2.45, 2.75) is 6.92 Å². The molecule has 2 N–H and O–H groups in total. The summed E-state index contributed by atoms with van der Waals surface area (Å²) in [5.74, 6) is 1.90. The Morgan fingerprint density at radius 3 is 2.18 bits per heavy atom. The molecule has 0 atom stereocenters. The van der Waals surface area contributed by atoms with Crippen molar-refractivity contribution < 1.29 is 25.8 Å². The molecule has 5 nitrogen and oxygen atoms in total. The van der Waals surface area contributed by atoms with Crippen molar-refractivity contribution in [1.29, 1.82) is 0 Å². The predicted octanol–water partition coefficient (Wildman–Crippen LogP) is 7.63. The summed E-state index contributed by atoms with van der Waals surface area (Å²) in [6, 6.07) is 42.5. The summed E-state index contributed by atoms with van der Waals surface area (Å²) in [5.41, 5.74) is 10.8. The summed E-state index contributed by atoms with van der Waals surface area (Å²) in [5, 5.41) is 0. The molecule has 0 aliphatic carbocycles. The first-order valence-corrected chi connectivity index (χ1v) is 12.2. The molecule has 198 valence electrons. The van der Waals surface area contributed by atoms with E-state index in [4.69, 9.17) is 10.5 Å². The molecular weight excluding hydrogens is 663 g/mol. The van der Waals surface area contributed by atoms with Gasteiger partial charge in [-0.3, -0.25) is 0 Å². The first-order valence-electron chi connectivity index (χ1n) is 12.2. The number of aromatic nitrogens is 1. The van der Waals surface area contributed by atoms with E-state index in [1.54, 1.807) is 6.20 Å². The molecular formula is C33H27N4OPt-3. The van der Waals surface area contributed by atoms with Gasteiger partial charge in [-0.05, 0) is 49.2 Å². The third-order valence-corrected chi connectivity index (χ3v) is 5.77. The van der Waals surface area contributed by atoms with Crippen LogP contribution in [0, 0.1) is 25.7 Å². The molecule has 0 saturated carbocycles. The summed E-state index contributed by atoms with van der Waals surface area (Å²) in [6.45, 7) is 4.00. The van der Waals surface area contributed by atoms with E-state index in [0.717, 1.165) is 28.1 Å². The van der Waals surface area contributed by atoms with Gasteiger partial charge in [0.2, 0.25) is 0 Å². The molecule has 0 bridgehead atoms. The first-order chi connectivity index (χ1) is 18.6. The van der Waals surface area contributed by atoms with Crippen molar-refractivity contribution in [2.75, 3.05) is 15.5 Å². The fourth-order valence-electron chi connectivity index (χ4n) is 3.86. The number of benzene rings is 4. The van der Waals surface area contributed by atoms with Crippen molar-refractivity contribution in [3.63, 3.8) is 0 Å². The zero-order valence-corrected chi connectivity index (χ0v) is 23.6. The Hall–Kier alpha value is -4.34. The predicted molar refractivity (Wildman–Crippen MR) is 154 cm³/mol. The van der Waals surface area contributed by atoms with Gasteiger partial charge in [0.25, 0.3) is 0 Å². The van der Waals surface area contributed by atoms with Crippen molar-refractivity contribution in [3.05, 3.63) is 152 Å². The number of hydrogen-bond donors (Lipinski definition) is 1. The van der Waals surface area contributed by atoms with Crippen LogP contribution in [0.1, 0.15) is 5.56 Å². The number of pyridine rings is 1. The Kier molecular flexibility index (Phi) is 9.55. The van der Waals surface area contributed by atoms with E-state index in [1.165, 1.54) is 0 Å².